The Labute approximate surface area is 159 Å². The van der Waals surface area contributed by atoms with Gasteiger partial charge >= 0.3 is 5.97 Å². The molecule has 1 aliphatic carbocycles. The van der Waals surface area contributed by atoms with E-state index in [4.69, 9.17) is 0 Å². The van der Waals surface area contributed by atoms with Crippen LogP contribution in [-0.2, 0) is 22.6 Å². The third kappa shape index (κ3) is 3.83. The van der Waals surface area contributed by atoms with Crippen LogP contribution in [0.5, 0.6) is 0 Å². The number of aliphatic carboxylic acids is 1. The molecule has 1 aromatic heterocycles. The molecule has 0 bridgehead atoms. The molecule has 4 rings (SSSR count). The summed E-state index contributed by atoms with van der Waals surface area (Å²) in [6, 6.07) is -0.471. The van der Waals surface area contributed by atoms with E-state index in [9.17, 15) is 14.7 Å². The van der Waals surface area contributed by atoms with Gasteiger partial charge in [0.2, 0.25) is 5.91 Å². The summed E-state index contributed by atoms with van der Waals surface area (Å²) < 4.78 is 0. The number of carbonyl (C=O) groups is 2. The molecule has 0 aromatic carbocycles. The molecule has 27 heavy (non-hydrogen) atoms. The normalized spacial score (nSPS) is 25.1. The van der Waals surface area contributed by atoms with E-state index in [1.807, 2.05) is 24.2 Å². The van der Waals surface area contributed by atoms with Crippen molar-refractivity contribution in [1.82, 2.24) is 19.8 Å². The summed E-state index contributed by atoms with van der Waals surface area (Å²) in [7, 11) is 0. The highest BCUT2D eigenvalue weighted by atomic mass is 16.4. The lowest BCUT2D eigenvalue weighted by Crippen LogP contribution is -2.44. The van der Waals surface area contributed by atoms with Crippen LogP contribution < -0.4 is 0 Å². The van der Waals surface area contributed by atoms with Crippen LogP contribution in [0.1, 0.15) is 50.4 Å². The molecule has 1 atom stereocenters. The molecule has 2 saturated heterocycles. The minimum atomic E-state index is -0.755. The van der Waals surface area contributed by atoms with Crippen molar-refractivity contribution in [3.63, 3.8) is 0 Å². The molecule has 1 N–H and O–H groups in total. The van der Waals surface area contributed by atoms with Crippen LogP contribution in [0.15, 0.2) is 12.4 Å². The van der Waals surface area contributed by atoms with Crippen molar-refractivity contribution in [1.29, 1.82) is 0 Å². The van der Waals surface area contributed by atoms with E-state index < -0.39 is 12.0 Å². The second-order valence-corrected chi connectivity index (χ2v) is 8.42. The Morgan fingerprint density at radius 2 is 1.89 bits per heavy atom. The number of nitrogens with zero attached hydrogens (tertiary/aromatic N) is 4. The van der Waals surface area contributed by atoms with Gasteiger partial charge in [0.05, 0.1) is 0 Å². The molecule has 7 heteroatoms. The fourth-order valence-corrected chi connectivity index (χ4v) is 4.59. The number of amides is 1. The van der Waals surface area contributed by atoms with E-state index >= 15 is 0 Å². The van der Waals surface area contributed by atoms with E-state index in [0.717, 1.165) is 63.1 Å². The van der Waals surface area contributed by atoms with Gasteiger partial charge in [-0.15, -0.1) is 0 Å². The van der Waals surface area contributed by atoms with Crippen molar-refractivity contribution in [3.8, 4) is 0 Å². The van der Waals surface area contributed by atoms with Gasteiger partial charge in [0.15, 0.2) is 0 Å². The summed E-state index contributed by atoms with van der Waals surface area (Å²) in [5.74, 6) is 0.619. The summed E-state index contributed by atoms with van der Waals surface area (Å²) in [5.41, 5.74) is 0.963. The first-order chi connectivity index (χ1) is 13.0. The molecule has 1 spiro atoms. The molecule has 3 heterocycles. The van der Waals surface area contributed by atoms with Crippen molar-refractivity contribution in [2.75, 3.05) is 19.6 Å². The third-order valence-electron chi connectivity index (χ3n) is 6.41. The number of hydrogen-bond acceptors (Lipinski definition) is 5. The Morgan fingerprint density at radius 1 is 1.22 bits per heavy atom. The Bertz CT molecular complexity index is 708. The molecule has 1 saturated carbocycles. The molecule has 1 aromatic rings. The van der Waals surface area contributed by atoms with Gasteiger partial charge in [-0.3, -0.25) is 14.5 Å². The molecule has 146 valence electrons. The van der Waals surface area contributed by atoms with E-state index in [0.29, 0.717) is 18.9 Å². The van der Waals surface area contributed by atoms with E-state index in [1.165, 1.54) is 0 Å². The Hall–Kier alpha value is -2.02. The number of aromatic nitrogens is 2. The molecule has 1 unspecified atom stereocenters. The maximum atomic E-state index is 12.3. The van der Waals surface area contributed by atoms with Crippen molar-refractivity contribution >= 4 is 11.9 Å². The molecular weight excluding hydrogens is 344 g/mol. The van der Waals surface area contributed by atoms with Gasteiger partial charge in [-0.25, -0.2) is 9.97 Å². The minimum absolute atomic E-state index is 0.00754. The van der Waals surface area contributed by atoms with Crippen LogP contribution in [-0.4, -0.2) is 62.4 Å². The first-order valence-electron chi connectivity index (χ1n) is 10.1. The molecular formula is C20H28N4O3. The van der Waals surface area contributed by atoms with E-state index in [1.54, 1.807) is 0 Å². The standard InChI is InChI=1S/C20H28N4O3/c1-2-17-21-10-14(11-22-17)12-24-13-20(9-16(24)19(26)27)5-7-23(8-6-20)18(25)15-3-4-15/h10-11,15-16H,2-9,12-13H2,1H3,(H,26,27). The maximum absolute atomic E-state index is 12.3. The Morgan fingerprint density at radius 3 is 2.44 bits per heavy atom. The summed E-state index contributed by atoms with van der Waals surface area (Å²) in [5, 5.41) is 9.74. The largest absolute Gasteiger partial charge is 0.480 e. The van der Waals surface area contributed by atoms with Crippen molar-refractivity contribution in [2.45, 2.75) is 58.0 Å². The second kappa shape index (κ2) is 7.19. The first-order valence-corrected chi connectivity index (χ1v) is 10.1. The van der Waals surface area contributed by atoms with Crippen molar-refractivity contribution < 1.29 is 14.7 Å². The number of carbonyl (C=O) groups excluding carboxylic acids is 1. The molecule has 3 fully saturated rings. The van der Waals surface area contributed by atoms with Crippen LogP contribution in [0.3, 0.4) is 0 Å². The number of hydrogen-bond donors (Lipinski definition) is 1. The highest BCUT2D eigenvalue weighted by Gasteiger charge is 2.49. The van der Waals surface area contributed by atoms with E-state index in [-0.39, 0.29) is 11.3 Å². The van der Waals surface area contributed by atoms with Gasteiger partial charge in [0, 0.05) is 56.5 Å². The van der Waals surface area contributed by atoms with Crippen LogP contribution in [0.2, 0.25) is 0 Å². The van der Waals surface area contributed by atoms with Crippen LogP contribution >= 0.6 is 0 Å². The number of likely N-dealkylation sites (tertiary alicyclic amines) is 2. The summed E-state index contributed by atoms with van der Waals surface area (Å²) in [4.78, 5) is 36.9. The zero-order valence-corrected chi connectivity index (χ0v) is 15.9. The fraction of sp³-hybridized carbons (Fsp3) is 0.700. The van der Waals surface area contributed by atoms with Crippen LogP contribution in [0.25, 0.3) is 0 Å². The monoisotopic (exact) mass is 372 g/mol. The highest BCUT2D eigenvalue weighted by molar-refractivity contribution is 5.81. The zero-order chi connectivity index (χ0) is 19.0. The molecule has 2 aliphatic heterocycles. The third-order valence-corrected chi connectivity index (χ3v) is 6.41. The Balaban J connectivity index is 1.42. The quantitative estimate of drug-likeness (QED) is 0.847. The maximum Gasteiger partial charge on any atom is 0.320 e. The lowest BCUT2D eigenvalue weighted by atomic mass is 9.76. The zero-order valence-electron chi connectivity index (χ0n) is 15.9. The molecule has 3 aliphatic rings. The predicted molar refractivity (Wildman–Crippen MR) is 98.8 cm³/mol. The van der Waals surface area contributed by atoms with Gasteiger partial charge in [-0.2, -0.15) is 0 Å². The summed E-state index contributed by atoms with van der Waals surface area (Å²) in [6.07, 6.45) is 8.96. The number of aryl methyl sites for hydroxylation is 1. The van der Waals surface area contributed by atoms with E-state index in [2.05, 4.69) is 14.9 Å². The fourth-order valence-electron chi connectivity index (χ4n) is 4.59. The number of carboxylic acid groups (broad SMARTS) is 1. The van der Waals surface area contributed by atoms with Gasteiger partial charge < -0.3 is 10.0 Å². The van der Waals surface area contributed by atoms with Gasteiger partial charge in [0.25, 0.3) is 0 Å². The van der Waals surface area contributed by atoms with Gasteiger partial charge in [-0.1, -0.05) is 6.92 Å². The number of rotatable bonds is 5. The predicted octanol–water partition coefficient (Wildman–Crippen LogP) is 1.72. The smallest absolute Gasteiger partial charge is 0.320 e. The van der Waals surface area contributed by atoms with Crippen molar-refractivity contribution in [2.24, 2.45) is 11.3 Å². The van der Waals surface area contributed by atoms with Crippen LogP contribution in [0.4, 0.5) is 0 Å². The summed E-state index contributed by atoms with van der Waals surface area (Å²) in [6.45, 7) is 4.88. The molecule has 0 radical (unpaired) electrons. The minimum Gasteiger partial charge on any atom is -0.480 e. The first kappa shape index (κ1) is 18.3. The molecule has 1 amide bonds. The average molecular weight is 372 g/mol. The van der Waals surface area contributed by atoms with Crippen molar-refractivity contribution in [3.05, 3.63) is 23.8 Å². The number of piperidine rings is 1. The topological polar surface area (TPSA) is 86.6 Å². The lowest BCUT2D eigenvalue weighted by molar-refractivity contribution is -0.142. The summed E-state index contributed by atoms with van der Waals surface area (Å²) >= 11 is 0. The lowest BCUT2D eigenvalue weighted by Gasteiger charge is -2.39. The number of carboxylic acids is 1. The van der Waals surface area contributed by atoms with Crippen LogP contribution in [0, 0.1) is 11.3 Å². The van der Waals surface area contributed by atoms with Gasteiger partial charge in [-0.05, 0) is 37.5 Å². The highest BCUT2D eigenvalue weighted by Crippen LogP contribution is 2.44. The Kier molecular flexibility index (Phi) is 4.88. The molecule has 7 nitrogen and oxygen atoms in total. The SMILES string of the molecule is CCc1ncc(CN2CC3(CCN(C(=O)C4CC4)CC3)CC2C(=O)O)cn1. The average Bonchev–Trinajstić information content (AvgIpc) is 3.46. The van der Waals surface area contributed by atoms with Gasteiger partial charge in [0.1, 0.15) is 11.9 Å². The second-order valence-electron chi connectivity index (χ2n) is 8.42.